The van der Waals surface area contributed by atoms with Crippen molar-refractivity contribution < 1.29 is 5.11 Å². The number of nitrogens with zero attached hydrogens (tertiary/aromatic N) is 1. The third-order valence-electron chi connectivity index (χ3n) is 3.01. The smallest absolute Gasteiger partial charge is 0.0702 e. The van der Waals surface area contributed by atoms with E-state index in [-0.39, 0.29) is 6.61 Å². The van der Waals surface area contributed by atoms with Crippen LogP contribution >= 0.6 is 0 Å². The highest BCUT2D eigenvalue weighted by Crippen LogP contribution is 2.38. The Balaban J connectivity index is 2.37. The molecule has 2 rings (SSSR count). The van der Waals surface area contributed by atoms with Crippen LogP contribution in [0.2, 0.25) is 0 Å². The van der Waals surface area contributed by atoms with Crippen LogP contribution in [0.25, 0.3) is 0 Å². The summed E-state index contributed by atoms with van der Waals surface area (Å²) in [6.45, 7) is 2.10. The molecule has 1 saturated carbocycles. The van der Waals surface area contributed by atoms with Crippen LogP contribution in [0.3, 0.4) is 0 Å². The van der Waals surface area contributed by atoms with Crippen molar-refractivity contribution in [1.82, 2.24) is 4.98 Å². The average Bonchev–Trinajstić information content (AvgIpc) is 2.01. The van der Waals surface area contributed by atoms with Crippen LogP contribution in [-0.4, -0.2) is 10.1 Å². The first-order valence-corrected chi connectivity index (χ1v) is 4.88. The molecule has 1 N–H and O–H groups in total. The highest BCUT2D eigenvalue weighted by molar-refractivity contribution is 5.32. The van der Waals surface area contributed by atoms with Gasteiger partial charge in [0.2, 0.25) is 0 Å². The lowest BCUT2D eigenvalue weighted by molar-refractivity contribution is 0.276. The molecule has 1 aliphatic carbocycles. The van der Waals surface area contributed by atoms with E-state index < -0.39 is 0 Å². The van der Waals surface area contributed by atoms with Gasteiger partial charge >= 0.3 is 0 Å². The standard InChI is InChI=1S/C11H15NO/c1-8-11(7-13)10(5-6-12-8)9-3-2-4-9/h5-6,9,13H,2-4,7H2,1H3. The molecule has 2 nitrogen and oxygen atoms in total. The van der Waals surface area contributed by atoms with Gasteiger partial charge in [-0.05, 0) is 37.3 Å². The van der Waals surface area contributed by atoms with E-state index in [1.807, 2.05) is 13.1 Å². The Morgan fingerprint density at radius 2 is 2.31 bits per heavy atom. The molecule has 1 heterocycles. The molecule has 0 saturated heterocycles. The number of aromatic nitrogens is 1. The summed E-state index contributed by atoms with van der Waals surface area (Å²) in [6.07, 6.45) is 5.73. The second-order valence-corrected chi connectivity index (χ2v) is 3.75. The van der Waals surface area contributed by atoms with Gasteiger partial charge in [-0.25, -0.2) is 0 Å². The topological polar surface area (TPSA) is 33.1 Å². The molecular formula is C11H15NO. The molecule has 70 valence electrons. The Bertz CT molecular complexity index is 305. The van der Waals surface area contributed by atoms with Crippen LogP contribution in [0.5, 0.6) is 0 Å². The zero-order valence-corrected chi connectivity index (χ0v) is 7.95. The predicted molar refractivity (Wildman–Crippen MR) is 51.5 cm³/mol. The van der Waals surface area contributed by atoms with Gasteiger partial charge in [-0.15, -0.1) is 0 Å². The number of hydrogen-bond acceptors (Lipinski definition) is 2. The first-order valence-electron chi connectivity index (χ1n) is 4.88. The molecule has 0 aromatic carbocycles. The maximum absolute atomic E-state index is 9.23. The maximum Gasteiger partial charge on any atom is 0.0702 e. The quantitative estimate of drug-likeness (QED) is 0.750. The van der Waals surface area contributed by atoms with E-state index in [1.165, 1.54) is 24.8 Å². The van der Waals surface area contributed by atoms with Gasteiger partial charge in [0.15, 0.2) is 0 Å². The monoisotopic (exact) mass is 177 g/mol. The summed E-state index contributed by atoms with van der Waals surface area (Å²) in [4.78, 5) is 4.19. The third-order valence-corrected chi connectivity index (χ3v) is 3.01. The molecule has 0 radical (unpaired) electrons. The first-order chi connectivity index (χ1) is 6.33. The first kappa shape index (κ1) is 8.70. The average molecular weight is 177 g/mol. The summed E-state index contributed by atoms with van der Waals surface area (Å²) in [5, 5.41) is 9.23. The van der Waals surface area contributed by atoms with Crippen LogP contribution in [-0.2, 0) is 6.61 Å². The number of aliphatic hydroxyl groups is 1. The molecule has 0 bridgehead atoms. The number of rotatable bonds is 2. The Hall–Kier alpha value is -0.890. The van der Waals surface area contributed by atoms with E-state index >= 15 is 0 Å². The number of hydrogen-bond donors (Lipinski definition) is 1. The minimum atomic E-state index is 0.130. The van der Waals surface area contributed by atoms with Crippen molar-refractivity contribution in [3.63, 3.8) is 0 Å². The lowest BCUT2D eigenvalue weighted by Gasteiger charge is -2.27. The largest absolute Gasteiger partial charge is 0.392 e. The van der Waals surface area contributed by atoms with Gasteiger partial charge in [0.25, 0.3) is 0 Å². The zero-order valence-electron chi connectivity index (χ0n) is 7.95. The van der Waals surface area contributed by atoms with Crippen molar-refractivity contribution in [2.45, 2.75) is 38.7 Å². The molecule has 0 spiro atoms. The molecule has 0 unspecified atom stereocenters. The van der Waals surface area contributed by atoms with Crippen molar-refractivity contribution in [2.24, 2.45) is 0 Å². The molecular weight excluding hydrogens is 162 g/mol. The van der Waals surface area contributed by atoms with Crippen molar-refractivity contribution in [1.29, 1.82) is 0 Å². The Labute approximate surface area is 78.6 Å². The fourth-order valence-electron chi connectivity index (χ4n) is 1.92. The molecule has 1 aromatic heterocycles. The van der Waals surface area contributed by atoms with Crippen LogP contribution in [0.4, 0.5) is 0 Å². The molecule has 0 aliphatic heterocycles. The van der Waals surface area contributed by atoms with Crippen molar-refractivity contribution in [2.75, 3.05) is 0 Å². The number of pyridine rings is 1. The van der Waals surface area contributed by atoms with E-state index in [0.717, 1.165) is 11.3 Å². The molecule has 0 atom stereocenters. The fourth-order valence-corrected chi connectivity index (χ4v) is 1.92. The fraction of sp³-hybridized carbons (Fsp3) is 0.545. The van der Waals surface area contributed by atoms with Gasteiger partial charge in [-0.3, -0.25) is 4.98 Å². The van der Waals surface area contributed by atoms with Gasteiger partial charge in [0.05, 0.1) is 6.61 Å². The number of aliphatic hydroxyl groups excluding tert-OH is 1. The summed E-state index contributed by atoms with van der Waals surface area (Å²) in [7, 11) is 0. The zero-order chi connectivity index (χ0) is 9.26. The van der Waals surface area contributed by atoms with Gasteiger partial charge in [-0.1, -0.05) is 6.42 Å². The minimum Gasteiger partial charge on any atom is -0.392 e. The van der Waals surface area contributed by atoms with Crippen molar-refractivity contribution in [3.8, 4) is 0 Å². The van der Waals surface area contributed by atoms with Crippen LogP contribution in [0.15, 0.2) is 12.3 Å². The molecule has 0 amide bonds. The van der Waals surface area contributed by atoms with Crippen molar-refractivity contribution in [3.05, 3.63) is 29.1 Å². The lowest BCUT2D eigenvalue weighted by atomic mass is 9.78. The lowest BCUT2D eigenvalue weighted by Crippen LogP contribution is -2.12. The maximum atomic E-state index is 9.23. The van der Waals surface area contributed by atoms with E-state index in [0.29, 0.717) is 5.92 Å². The molecule has 13 heavy (non-hydrogen) atoms. The predicted octanol–water partition coefficient (Wildman–Crippen LogP) is 2.15. The summed E-state index contributed by atoms with van der Waals surface area (Å²) in [6, 6.07) is 2.06. The Morgan fingerprint density at radius 1 is 1.54 bits per heavy atom. The Morgan fingerprint density at radius 3 is 2.85 bits per heavy atom. The van der Waals surface area contributed by atoms with Crippen molar-refractivity contribution >= 4 is 0 Å². The highest BCUT2D eigenvalue weighted by Gasteiger charge is 2.22. The normalized spacial score (nSPS) is 17.1. The molecule has 2 heteroatoms. The van der Waals surface area contributed by atoms with Crippen LogP contribution in [0, 0.1) is 6.92 Å². The van der Waals surface area contributed by atoms with Gasteiger partial charge < -0.3 is 5.11 Å². The minimum absolute atomic E-state index is 0.130. The van der Waals surface area contributed by atoms with Crippen LogP contribution < -0.4 is 0 Å². The van der Waals surface area contributed by atoms with Crippen LogP contribution in [0.1, 0.15) is 42.0 Å². The van der Waals surface area contributed by atoms with E-state index in [4.69, 9.17) is 0 Å². The SMILES string of the molecule is Cc1nccc(C2CCC2)c1CO. The van der Waals surface area contributed by atoms with Gasteiger partial charge in [0.1, 0.15) is 0 Å². The second kappa shape index (κ2) is 3.46. The Kier molecular flexibility index (Phi) is 2.32. The summed E-state index contributed by atoms with van der Waals surface area (Å²) in [5.41, 5.74) is 3.35. The number of aryl methyl sites for hydroxylation is 1. The molecule has 1 aliphatic rings. The second-order valence-electron chi connectivity index (χ2n) is 3.75. The highest BCUT2D eigenvalue weighted by atomic mass is 16.3. The molecule has 1 aromatic rings. The van der Waals surface area contributed by atoms with E-state index in [9.17, 15) is 5.11 Å². The van der Waals surface area contributed by atoms with Gasteiger partial charge in [-0.2, -0.15) is 0 Å². The summed E-state index contributed by atoms with van der Waals surface area (Å²) < 4.78 is 0. The summed E-state index contributed by atoms with van der Waals surface area (Å²) >= 11 is 0. The third kappa shape index (κ3) is 1.46. The van der Waals surface area contributed by atoms with Gasteiger partial charge in [0, 0.05) is 17.5 Å². The van der Waals surface area contributed by atoms with E-state index in [2.05, 4.69) is 11.1 Å². The molecule has 1 fully saturated rings. The summed E-state index contributed by atoms with van der Waals surface area (Å²) in [5.74, 6) is 0.684. The van der Waals surface area contributed by atoms with E-state index in [1.54, 1.807) is 0 Å².